The lowest BCUT2D eigenvalue weighted by Gasteiger charge is -2.22. The number of carbonyl (C=O) groups excluding carboxylic acids is 1. The molecule has 1 aromatic rings. The minimum absolute atomic E-state index is 0.0223. The van der Waals surface area contributed by atoms with Gasteiger partial charge in [-0.25, -0.2) is 0 Å². The van der Waals surface area contributed by atoms with Crippen LogP contribution in [0.3, 0.4) is 0 Å². The zero-order valence-electron chi connectivity index (χ0n) is 10.8. The van der Waals surface area contributed by atoms with Crippen molar-refractivity contribution in [2.75, 3.05) is 19.7 Å². The number of ether oxygens (including phenoxy) is 1. The standard InChI is InChI=1S/C14H20N2O2/c1-2-18-13-6-4-3-5-12(13)14(17)16-11-7-9-15-10-8-11/h3-6,11,15H,2,7-10H2,1H3,(H,16,17)/p+1. The highest BCUT2D eigenvalue weighted by molar-refractivity contribution is 5.97. The van der Waals surface area contributed by atoms with Crippen molar-refractivity contribution >= 4 is 5.91 Å². The van der Waals surface area contributed by atoms with Crippen LogP contribution in [0.15, 0.2) is 24.3 Å². The Bertz CT molecular complexity index is 401. The van der Waals surface area contributed by atoms with E-state index in [2.05, 4.69) is 10.6 Å². The molecule has 1 heterocycles. The molecule has 4 heteroatoms. The maximum Gasteiger partial charge on any atom is 0.255 e. The summed E-state index contributed by atoms with van der Waals surface area (Å²) < 4.78 is 5.48. The van der Waals surface area contributed by atoms with Crippen molar-refractivity contribution < 1.29 is 14.8 Å². The van der Waals surface area contributed by atoms with Crippen molar-refractivity contribution in [2.24, 2.45) is 0 Å². The summed E-state index contributed by atoms with van der Waals surface area (Å²) in [5.41, 5.74) is 0.633. The van der Waals surface area contributed by atoms with Crippen molar-refractivity contribution in [1.82, 2.24) is 5.32 Å². The van der Waals surface area contributed by atoms with E-state index in [1.54, 1.807) is 0 Å². The topological polar surface area (TPSA) is 54.9 Å². The molecule has 2 rings (SSSR count). The van der Waals surface area contributed by atoms with Gasteiger partial charge >= 0.3 is 0 Å². The van der Waals surface area contributed by atoms with Crippen LogP contribution in [0.5, 0.6) is 5.75 Å². The Morgan fingerprint density at radius 2 is 2.11 bits per heavy atom. The maximum absolute atomic E-state index is 12.2. The highest BCUT2D eigenvalue weighted by atomic mass is 16.5. The summed E-state index contributed by atoms with van der Waals surface area (Å²) in [5, 5.41) is 5.38. The molecule has 0 aliphatic carbocycles. The van der Waals surface area contributed by atoms with Crippen LogP contribution >= 0.6 is 0 Å². The Balaban J connectivity index is 2.03. The first-order valence-corrected chi connectivity index (χ1v) is 6.65. The van der Waals surface area contributed by atoms with Crippen LogP contribution in [0.25, 0.3) is 0 Å². The molecule has 1 amide bonds. The average Bonchev–Trinajstić information content (AvgIpc) is 2.41. The van der Waals surface area contributed by atoms with Crippen LogP contribution in [0.2, 0.25) is 0 Å². The second kappa shape index (κ2) is 6.40. The molecule has 0 bridgehead atoms. The normalized spacial score (nSPS) is 16.3. The molecule has 0 spiro atoms. The Kier molecular flexibility index (Phi) is 4.59. The molecule has 3 N–H and O–H groups in total. The van der Waals surface area contributed by atoms with E-state index < -0.39 is 0 Å². The lowest BCUT2D eigenvalue weighted by atomic mass is 10.1. The summed E-state index contributed by atoms with van der Waals surface area (Å²) >= 11 is 0. The number of carbonyl (C=O) groups is 1. The first-order valence-electron chi connectivity index (χ1n) is 6.65. The van der Waals surface area contributed by atoms with Crippen molar-refractivity contribution in [3.8, 4) is 5.75 Å². The van der Waals surface area contributed by atoms with Crippen LogP contribution < -0.4 is 15.4 Å². The van der Waals surface area contributed by atoms with Gasteiger partial charge in [0.15, 0.2) is 0 Å². The molecule has 0 saturated carbocycles. The van der Waals surface area contributed by atoms with Crippen molar-refractivity contribution in [3.05, 3.63) is 29.8 Å². The Hall–Kier alpha value is -1.55. The maximum atomic E-state index is 12.2. The van der Waals surface area contributed by atoms with Gasteiger partial charge in [0.2, 0.25) is 0 Å². The van der Waals surface area contributed by atoms with E-state index in [0.29, 0.717) is 24.0 Å². The highest BCUT2D eigenvalue weighted by Crippen LogP contribution is 2.18. The summed E-state index contributed by atoms with van der Waals surface area (Å²) in [5.74, 6) is 0.644. The quantitative estimate of drug-likeness (QED) is 0.818. The number of benzene rings is 1. The van der Waals surface area contributed by atoms with E-state index in [9.17, 15) is 4.79 Å². The predicted octanol–water partition coefficient (Wildman–Crippen LogP) is 0.541. The van der Waals surface area contributed by atoms with Gasteiger partial charge in [-0.1, -0.05) is 12.1 Å². The first kappa shape index (κ1) is 12.9. The highest BCUT2D eigenvalue weighted by Gasteiger charge is 2.19. The minimum atomic E-state index is -0.0223. The van der Waals surface area contributed by atoms with E-state index in [4.69, 9.17) is 4.74 Å². The summed E-state index contributed by atoms with van der Waals surface area (Å²) in [6.07, 6.45) is 2.09. The van der Waals surface area contributed by atoms with Crippen LogP contribution in [-0.4, -0.2) is 31.6 Å². The molecule has 0 radical (unpaired) electrons. The molecule has 1 aromatic carbocycles. The molecule has 0 unspecified atom stereocenters. The van der Waals surface area contributed by atoms with Gasteiger partial charge in [0.25, 0.3) is 5.91 Å². The lowest BCUT2D eigenvalue weighted by molar-refractivity contribution is -0.663. The summed E-state index contributed by atoms with van der Waals surface area (Å²) in [4.78, 5) is 12.2. The van der Waals surface area contributed by atoms with Crippen molar-refractivity contribution in [1.29, 1.82) is 0 Å². The third kappa shape index (κ3) is 3.23. The van der Waals surface area contributed by atoms with E-state index in [1.165, 1.54) is 0 Å². The Morgan fingerprint density at radius 1 is 1.39 bits per heavy atom. The van der Waals surface area contributed by atoms with E-state index in [0.717, 1.165) is 25.9 Å². The lowest BCUT2D eigenvalue weighted by Crippen LogP contribution is -2.87. The molecule has 0 aromatic heterocycles. The molecular formula is C14H21N2O2+. The van der Waals surface area contributed by atoms with E-state index in [1.807, 2.05) is 31.2 Å². The van der Waals surface area contributed by atoms with Crippen LogP contribution in [0.1, 0.15) is 30.1 Å². The van der Waals surface area contributed by atoms with Crippen LogP contribution in [0.4, 0.5) is 0 Å². The fraction of sp³-hybridized carbons (Fsp3) is 0.500. The second-order valence-electron chi connectivity index (χ2n) is 4.54. The van der Waals surface area contributed by atoms with E-state index in [-0.39, 0.29) is 5.91 Å². The number of amides is 1. The predicted molar refractivity (Wildman–Crippen MR) is 69.8 cm³/mol. The van der Waals surface area contributed by atoms with Gasteiger partial charge in [0, 0.05) is 18.9 Å². The molecule has 1 aliphatic heterocycles. The molecular weight excluding hydrogens is 228 g/mol. The molecule has 1 fully saturated rings. The molecule has 1 aliphatic rings. The molecule has 0 atom stereocenters. The number of para-hydroxylation sites is 1. The fourth-order valence-electron chi connectivity index (χ4n) is 2.27. The van der Waals surface area contributed by atoms with Gasteiger partial charge in [-0.15, -0.1) is 0 Å². The minimum Gasteiger partial charge on any atom is -0.493 e. The number of piperidine rings is 1. The average molecular weight is 249 g/mol. The number of quaternary nitrogens is 1. The van der Waals surface area contributed by atoms with Crippen molar-refractivity contribution in [3.63, 3.8) is 0 Å². The van der Waals surface area contributed by atoms with E-state index >= 15 is 0 Å². The van der Waals surface area contributed by atoms with Gasteiger partial charge in [-0.3, -0.25) is 4.79 Å². The van der Waals surface area contributed by atoms with Crippen LogP contribution in [0, 0.1) is 0 Å². The zero-order valence-corrected chi connectivity index (χ0v) is 10.8. The van der Waals surface area contributed by atoms with Crippen molar-refractivity contribution in [2.45, 2.75) is 25.8 Å². The fourth-order valence-corrected chi connectivity index (χ4v) is 2.27. The SMILES string of the molecule is CCOc1ccccc1C(=O)NC1CC[NH2+]CC1. The zero-order chi connectivity index (χ0) is 12.8. The number of nitrogens with one attached hydrogen (secondary N) is 1. The number of rotatable bonds is 4. The second-order valence-corrected chi connectivity index (χ2v) is 4.54. The Labute approximate surface area is 108 Å². The number of hydrogen-bond donors (Lipinski definition) is 2. The summed E-state index contributed by atoms with van der Waals surface area (Å²) in [6, 6.07) is 7.71. The molecule has 4 nitrogen and oxygen atoms in total. The largest absolute Gasteiger partial charge is 0.493 e. The van der Waals surface area contributed by atoms with Gasteiger partial charge in [0.05, 0.1) is 25.3 Å². The smallest absolute Gasteiger partial charge is 0.255 e. The van der Waals surface area contributed by atoms with Gasteiger partial charge < -0.3 is 15.4 Å². The van der Waals surface area contributed by atoms with Crippen LogP contribution in [-0.2, 0) is 0 Å². The first-order chi connectivity index (χ1) is 8.81. The molecule has 18 heavy (non-hydrogen) atoms. The summed E-state index contributed by atoms with van der Waals surface area (Å²) in [6.45, 7) is 4.68. The third-order valence-corrected chi connectivity index (χ3v) is 3.21. The Morgan fingerprint density at radius 3 is 2.83 bits per heavy atom. The van der Waals surface area contributed by atoms with Gasteiger partial charge in [-0.2, -0.15) is 0 Å². The van der Waals surface area contributed by atoms with Gasteiger partial charge in [0.1, 0.15) is 5.75 Å². The molecule has 1 saturated heterocycles. The number of hydrogen-bond acceptors (Lipinski definition) is 2. The number of nitrogens with two attached hydrogens (primary N) is 1. The monoisotopic (exact) mass is 249 g/mol. The molecule has 98 valence electrons. The third-order valence-electron chi connectivity index (χ3n) is 3.21. The van der Waals surface area contributed by atoms with Gasteiger partial charge in [-0.05, 0) is 19.1 Å². The summed E-state index contributed by atoms with van der Waals surface area (Å²) in [7, 11) is 0.